The summed E-state index contributed by atoms with van der Waals surface area (Å²) in [6.07, 6.45) is 21.4. The van der Waals surface area contributed by atoms with E-state index in [1.165, 1.54) is 75.6 Å². The van der Waals surface area contributed by atoms with E-state index in [0.717, 1.165) is 12.1 Å². The number of hydrogen-bond acceptors (Lipinski definition) is 3. The van der Waals surface area contributed by atoms with Crippen LogP contribution < -0.4 is 14.8 Å². The van der Waals surface area contributed by atoms with Crippen molar-refractivity contribution < 1.29 is 4.98 Å². The average Bonchev–Trinajstić information content (AvgIpc) is 2.90. The number of aromatic amines is 1. The summed E-state index contributed by atoms with van der Waals surface area (Å²) in [5, 5.41) is 0. The molecular formula is C32H61MgN6Si2+. The molecule has 0 aliphatic heterocycles. The first kappa shape index (κ1) is 40.0. The number of hydrogen-bond donors (Lipinski definition) is 0. The first-order valence-corrected chi connectivity index (χ1v) is 22.3. The van der Waals surface area contributed by atoms with Crippen LogP contribution in [0, 0.1) is 0 Å². The maximum atomic E-state index is 4.91. The number of H-pyrrole nitrogens is 1. The van der Waals surface area contributed by atoms with Crippen molar-refractivity contribution in [3.05, 3.63) is 59.0 Å². The molecule has 2 aliphatic rings. The normalized spacial score (nSPS) is 15.9. The standard InChI is InChI=1S/2C9H20NSi.2C7H10N2.Mg/c2*1-11(2,3)10-9-7-5-4-6-8-9;2*1-9(2)7-3-5-8-6-4-7;/h2*9H,4-8H2,1-3H3;2*3-6H,1-2H3;/q2*-1;;;+2/p+1. The molecule has 0 aromatic carbocycles. The van der Waals surface area contributed by atoms with E-state index in [1.54, 1.807) is 12.4 Å². The van der Waals surface area contributed by atoms with Crippen LogP contribution in [0.3, 0.4) is 0 Å². The Morgan fingerprint density at radius 3 is 1.22 bits per heavy atom. The van der Waals surface area contributed by atoms with Gasteiger partial charge in [0.1, 0.15) is 0 Å². The summed E-state index contributed by atoms with van der Waals surface area (Å²) < 4.78 is 0. The van der Waals surface area contributed by atoms with Gasteiger partial charge in [-0.1, -0.05) is 120 Å². The minimum absolute atomic E-state index is 0. The van der Waals surface area contributed by atoms with E-state index in [-0.39, 0.29) is 23.1 Å². The van der Waals surface area contributed by atoms with E-state index in [0.29, 0.717) is 0 Å². The van der Waals surface area contributed by atoms with Gasteiger partial charge in [0.2, 0.25) is 0 Å². The number of nitrogens with one attached hydrogen (secondary N) is 1. The topological polar surface area (TPSA) is 61.7 Å². The van der Waals surface area contributed by atoms with Crippen LogP contribution in [-0.2, 0) is 0 Å². The molecule has 0 unspecified atom stereocenters. The molecule has 2 aliphatic carbocycles. The first-order valence-electron chi connectivity index (χ1n) is 15.4. The molecule has 2 aromatic rings. The molecule has 0 bridgehead atoms. The molecular weight excluding hydrogens is 549 g/mol. The van der Waals surface area contributed by atoms with E-state index in [1.807, 2.05) is 69.7 Å². The third-order valence-electron chi connectivity index (χ3n) is 6.69. The fraction of sp³-hybridized carbons (Fsp3) is 0.688. The van der Waals surface area contributed by atoms with Crippen LogP contribution >= 0.6 is 0 Å². The smallest absolute Gasteiger partial charge is 0.662 e. The van der Waals surface area contributed by atoms with Gasteiger partial charge in [0.15, 0.2) is 12.4 Å². The van der Waals surface area contributed by atoms with Gasteiger partial charge in [0.05, 0.1) is 0 Å². The molecule has 2 fully saturated rings. The van der Waals surface area contributed by atoms with Gasteiger partial charge in [-0.3, -0.25) is 4.98 Å². The molecule has 0 amide bonds. The summed E-state index contributed by atoms with van der Waals surface area (Å²) in [7, 11) is 5.83. The van der Waals surface area contributed by atoms with Gasteiger partial charge in [-0.15, -0.1) is 12.1 Å². The number of nitrogens with zero attached hydrogens (tertiary/aromatic N) is 5. The molecule has 4 rings (SSSR count). The summed E-state index contributed by atoms with van der Waals surface area (Å²) in [5.41, 5.74) is 2.40. The molecule has 2 heterocycles. The van der Waals surface area contributed by atoms with Crippen LogP contribution in [0.4, 0.5) is 11.4 Å². The zero-order valence-electron chi connectivity index (χ0n) is 28.3. The Kier molecular flexibility index (Phi) is 21.2. The third kappa shape index (κ3) is 22.3. The Bertz CT molecular complexity index is 788. The zero-order valence-corrected chi connectivity index (χ0v) is 31.7. The van der Waals surface area contributed by atoms with Crippen LogP contribution in [0.25, 0.3) is 9.96 Å². The average molecular weight is 610 g/mol. The van der Waals surface area contributed by atoms with Gasteiger partial charge in [-0.05, 0) is 12.1 Å². The molecule has 41 heavy (non-hydrogen) atoms. The maximum Gasteiger partial charge on any atom is 2.00 e. The van der Waals surface area contributed by atoms with Gasteiger partial charge in [0.25, 0.3) is 0 Å². The molecule has 0 radical (unpaired) electrons. The SMILES string of the molecule is CN(C)c1cc[nH+]cc1.CN(C)c1ccncc1.C[Si](C)(C)[N-]C1CCCCC1.C[Si](C)(C)[N-]C1CCCCC1.[Mg+2]. The van der Waals surface area contributed by atoms with Crippen LogP contribution in [0.5, 0.6) is 0 Å². The Morgan fingerprint density at radius 1 is 0.610 bits per heavy atom. The molecule has 1 N–H and O–H groups in total. The van der Waals surface area contributed by atoms with Crippen LogP contribution in [-0.4, -0.2) is 84.8 Å². The molecule has 9 heteroatoms. The number of anilines is 2. The molecule has 0 atom stereocenters. The summed E-state index contributed by atoms with van der Waals surface area (Å²) in [4.78, 5) is 20.8. The van der Waals surface area contributed by atoms with E-state index in [9.17, 15) is 0 Å². The zero-order chi connectivity index (χ0) is 30.0. The van der Waals surface area contributed by atoms with Crippen molar-refractivity contribution in [1.29, 1.82) is 0 Å². The molecule has 2 aromatic heterocycles. The molecule has 0 saturated heterocycles. The monoisotopic (exact) mass is 609 g/mol. The van der Waals surface area contributed by atoms with E-state index in [2.05, 4.69) is 54.1 Å². The van der Waals surface area contributed by atoms with Gasteiger partial charge >= 0.3 is 23.1 Å². The van der Waals surface area contributed by atoms with Crippen molar-refractivity contribution in [2.24, 2.45) is 0 Å². The summed E-state index contributed by atoms with van der Waals surface area (Å²) >= 11 is 0. The quantitative estimate of drug-likeness (QED) is 0.309. The van der Waals surface area contributed by atoms with E-state index < -0.39 is 16.5 Å². The molecule has 228 valence electrons. The summed E-state index contributed by atoms with van der Waals surface area (Å²) in [6.45, 7) is 14.0. The van der Waals surface area contributed by atoms with Crippen molar-refractivity contribution in [3.8, 4) is 0 Å². The Balaban J connectivity index is 0.000000518. The summed E-state index contributed by atoms with van der Waals surface area (Å²) in [6, 6.07) is 9.46. The Morgan fingerprint density at radius 2 is 0.951 bits per heavy atom. The summed E-state index contributed by atoms with van der Waals surface area (Å²) in [5.74, 6) is 0. The van der Waals surface area contributed by atoms with Gasteiger partial charge in [0, 0.05) is 64.1 Å². The first-order chi connectivity index (χ1) is 18.8. The predicted molar refractivity (Wildman–Crippen MR) is 189 cm³/mol. The Hall–Kier alpha value is -0.980. The van der Waals surface area contributed by atoms with Gasteiger partial charge in [-0.2, -0.15) is 0 Å². The maximum absolute atomic E-state index is 4.91. The fourth-order valence-electron chi connectivity index (χ4n) is 4.83. The van der Waals surface area contributed by atoms with Crippen molar-refractivity contribution in [2.45, 2.75) is 116 Å². The number of aromatic nitrogens is 2. The van der Waals surface area contributed by atoms with Crippen molar-refractivity contribution in [1.82, 2.24) is 4.98 Å². The van der Waals surface area contributed by atoms with Crippen LogP contribution in [0.1, 0.15) is 64.2 Å². The van der Waals surface area contributed by atoms with E-state index in [4.69, 9.17) is 9.96 Å². The van der Waals surface area contributed by atoms with Crippen molar-refractivity contribution >= 4 is 50.9 Å². The van der Waals surface area contributed by atoms with Crippen LogP contribution in [0.2, 0.25) is 39.3 Å². The minimum Gasteiger partial charge on any atom is -0.662 e. The predicted octanol–water partition coefficient (Wildman–Crippen LogP) is 8.39. The Labute approximate surface area is 272 Å². The fourth-order valence-corrected chi connectivity index (χ4v) is 7.54. The van der Waals surface area contributed by atoms with Gasteiger partial charge < -0.3 is 19.8 Å². The minimum atomic E-state index is -1.12. The number of rotatable bonds is 6. The largest absolute Gasteiger partial charge is 2.00 e. The van der Waals surface area contributed by atoms with Crippen molar-refractivity contribution in [3.63, 3.8) is 0 Å². The van der Waals surface area contributed by atoms with Gasteiger partial charge in [-0.25, -0.2) is 4.98 Å². The molecule has 0 spiro atoms. The second-order valence-corrected chi connectivity index (χ2v) is 22.6. The van der Waals surface area contributed by atoms with Crippen LogP contribution in [0.15, 0.2) is 49.1 Å². The van der Waals surface area contributed by atoms with Crippen molar-refractivity contribution in [2.75, 3.05) is 38.0 Å². The second kappa shape index (κ2) is 21.7. The molecule has 2 saturated carbocycles. The number of pyridine rings is 2. The second-order valence-electron chi connectivity index (χ2n) is 13.4. The van der Waals surface area contributed by atoms with E-state index >= 15 is 0 Å². The third-order valence-corrected chi connectivity index (χ3v) is 8.96. The molecule has 6 nitrogen and oxygen atoms in total.